The number of fused-ring (bicyclic) bond motifs is 6. The summed E-state index contributed by atoms with van der Waals surface area (Å²) in [6.07, 6.45) is 5.24. The molecule has 3 aliphatic rings. The van der Waals surface area contributed by atoms with Crippen molar-refractivity contribution in [3.63, 3.8) is 0 Å². The van der Waals surface area contributed by atoms with Gasteiger partial charge in [0.05, 0.1) is 30.9 Å². The van der Waals surface area contributed by atoms with Crippen molar-refractivity contribution in [1.82, 2.24) is 30.1 Å². The highest BCUT2D eigenvalue weighted by atomic mass is 16.5. The highest BCUT2D eigenvalue weighted by molar-refractivity contribution is 5.95. The van der Waals surface area contributed by atoms with Crippen molar-refractivity contribution in [3.8, 4) is 22.4 Å². The van der Waals surface area contributed by atoms with Gasteiger partial charge < -0.3 is 24.3 Å². The number of likely N-dealkylation sites (tertiary alicyclic amines) is 1. The normalized spacial score (nSPS) is 20.8. The SMILES string of the molecule is C=CC(=O)N1CC[C@H](CN(C)[C@H](C(=O)NC[C@H]2Cc3cccc(c3)-c3ccc4c(c3)c(c(-c3ccccc3CCOC)n4CC)CC(C)(C)COC(=O)[C@@H]3CCCN(N3)C2=O)C(C)C)C1. The zero-order valence-electron chi connectivity index (χ0n) is 39.7. The van der Waals surface area contributed by atoms with Gasteiger partial charge in [0.1, 0.15) is 6.04 Å². The van der Waals surface area contributed by atoms with Crippen LogP contribution in [-0.4, -0.2) is 115 Å². The topological polar surface area (TPSA) is 125 Å². The minimum Gasteiger partial charge on any atom is -0.464 e. The summed E-state index contributed by atoms with van der Waals surface area (Å²) in [6, 6.07) is 22.6. The van der Waals surface area contributed by atoms with Gasteiger partial charge in [-0.05, 0) is 110 Å². The van der Waals surface area contributed by atoms with E-state index in [1.165, 1.54) is 28.5 Å². The van der Waals surface area contributed by atoms with Gasteiger partial charge in [-0.15, -0.1) is 0 Å². The Morgan fingerprint density at radius 1 is 1.05 bits per heavy atom. The summed E-state index contributed by atoms with van der Waals surface area (Å²) in [4.78, 5) is 58.9. The average Bonchev–Trinajstić information content (AvgIpc) is 3.89. The third-order valence-electron chi connectivity index (χ3n) is 13.6. The monoisotopic (exact) mass is 887 g/mol. The molecule has 4 aromatic rings. The number of carbonyl (C=O) groups excluding carboxylic acids is 4. The molecule has 0 unspecified atom stereocenters. The van der Waals surface area contributed by atoms with Gasteiger partial charge in [-0.25, -0.2) is 5.43 Å². The number of aryl methyl sites for hydroxylation is 1. The van der Waals surface area contributed by atoms with E-state index >= 15 is 0 Å². The largest absolute Gasteiger partial charge is 0.464 e. The fourth-order valence-corrected chi connectivity index (χ4v) is 10.4. The summed E-state index contributed by atoms with van der Waals surface area (Å²) in [6.45, 7) is 18.3. The highest BCUT2D eigenvalue weighted by Gasteiger charge is 2.36. The van der Waals surface area contributed by atoms with E-state index in [9.17, 15) is 19.2 Å². The first-order valence-corrected chi connectivity index (χ1v) is 23.7. The van der Waals surface area contributed by atoms with Gasteiger partial charge in [0.2, 0.25) is 17.7 Å². The Bertz CT molecular complexity index is 2370. The number of nitrogens with zero attached hydrogens (tertiary/aromatic N) is 4. The van der Waals surface area contributed by atoms with Crippen LogP contribution in [0, 0.1) is 23.2 Å². The van der Waals surface area contributed by atoms with Gasteiger partial charge in [0.15, 0.2) is 0 Å². The van der Waals surface area contributed by atoms with Crippen LogP contribution in [0.25, 0.3) is 33.3 Å². The third-order valence-corrected chi connectivity index (χ3v) is 13.6. The number of nitrogens with one attached hydrogen (secondary N) is 2. The van der Waals surface area contributed by atoms with Crippen molar-refractivity contribution < 1.29 is 28.7 Å². The second kappa shape index (κ2) is 20.9. The van der Waals surface area contributed by atoms with Gasteiger partial charge in [-0.2, -0.15) is 0 Å². The summed E-state index contributed by atoms with van der Waals surface area (Å²) in [5, 5.41) is 5.93. The number of methoxy groups -OCH3 is 1. The van der Waals surface area contributed by atoms with Crippen LogP contribution < -0.4 is 10.7 Å². The van der Waals surface area contributed by atoms with Crippen molar-refractivity contribution in [1.29, 1.82) is 0 Å². The molecule has 348 valence electrons. The molecule has 12 nitrogen and oxygen atoms in total. The Morgan fingerprint density at radius 2 is 1.83 bits per heavy atom. The Balaban J connectivity index is 1.23. The first-order chi connectivity index (χ1) is 31.2. The maximum atomic E-state index is 14.7. The molecular formula is C53H70N6O6. The van der Waals surface area contributed by atoms with Crippen LogP contribution in [0.4, 0.5) is 0 Å². The van der Waals surface area contributed by atoms with Crippen molar-refractivity contribution in [2.45, 2.75) is 91.8 Å². The molecule has 0 saturated carbocycles. The second-order valence-corrected chi connectivity index (χ2v) is 19.6. The van der Waals surface area contributed by atoms with Gasteiger partial charge in [-0.1, -0.05) is 88.9 Å². The van der Waals surface area contributed by atoms with E-state index in [1.807, 2.05) is 31.9 Å². The Morgan fingerprint density at radius 3 is 2.58 bits per heavy atom. The smallest absolute Gasteiger partial charge is 0.324 e. The molecule has 6 bridgehead atoms. The lowest BCUT2D eigenvalue weighted by atomic mass is 9.83. The zero-order valence-corrected chi connectivity index (χ0v) is 39.7. The number of cyclic esters (lactones) is 1. The molecule has 7 rings (SSSR count). The Kier molecular flexibility index (Phi) is 15.3. The van der Waals surface area contributed by atoms with E-state index in [0.29, 0.717) is 58.5 Å². The molecular weight excluding hydrogens is 817 g/mol. The predicted molar refractivity (Wildman–Crippen MR) is 257 cm³/mol. The average molecular weight is 887 g/mol. The molecule has 4 atom stereocenters. The molecule has 3 amide bonds. The fraction of sp³-hybridized carbons (Fsp3) is 0.509. The van der Waals surface area contributed by atoms with Crippen molar-refractivity contribution in [2.75, 3.05) is 60.1 Å². The van der Waals surface area contributed by atoms with Crippen LogP contribution in [-0.2, 0) is 54.5 Å². The second-order valence-electron chi connectivity index (χ2n) is 19.6. The molecule has 2 saturated heterocycles. The first kappa shape index (κ1) is 47.7. The number of hydrogen-bond donors (Lipinski definition) is 2. The first-order valence-electron chi connectivity index (χ1n) is 23.7. The highest BCUT2D eigenvalue weighted by Crippen LogP contribution is 2.41. The maximum absolute atomic E-state index is 14.7. The third kappa shape index (κ3) is 10.9. The standard InChI is InChI=1S/C53H70N6O6/c1-9-47(60)57-25-22-37(33-57)32-56(7)48(35(3)4)50(61)54-31-41-28-36-15-13-17-39(27-36)40-20-21-46-43(29-40)44(49(58(46)10-2)42-18-12-11-16-38(42)23-26-64-8)30-53(5,6)34-65-52(63)45-19-14-24-59(55-45)51(41)62/h9,11-13,15-18,20-21,27,29,35,37,41,45,48,55H,1,10,14,19,22-26,28,30-34H2,2-8H3,(H,54,61)/t37-,41-,45+,48+/m1/s1. The van der Waals surface area contributed by atoms with Crippen molar-refractivity contribution in [2.24, 2.45) is 23.2 Å². The van der Waals surface area contributed by atoms with Crippen molar-refractivity contribution in [3.05, 3.63) is 96.1 Å². The molecule has 4 heterocycles. The summed E-state index contributed by atoms with van der Waals surface area (Å²) in [7, 11) is 3.70. The lowest BCUT2D eigenvalue weighted by molar-refractivity contribution is -0.155. The number of ether oxygens (including phenoxy) is 2. The van der Waals surface area contributed by atoms with Gasteiger partial charge in [0, 0.05) is 68.3 Å². The molecule has 0 spiro atoms. The van der Waals surface area contributed by atoms with E-state index in [2.05, 4.69) is 108 Å². The molecule has 65 heavy (non-hydrogen) atoms. The number of aromatic nitrogens is 1. The number of likely N-dealkylation sites (N-methyl/N-ethyl adjacent to an activating group) is 1. The zero-order chi connectivity index (χ0) is 46.4. The lowest BCUT2D eigenvalue weighted by Gasteiger charge is -2.36. The Labute approximate surface area is 385 Å². The predicted octanol–water partition coefficient (Wildman–Crippen LogP) is 7.07. The molecule has 2 fully saturated rings. The summed E-state index contributed by atoms with van der Waals surface area (Å²) in [5.74, 6) is -1.13. The molecule has 12 heteroatoms. The molecule has 0 radical (unpaired) electrons. The lowest BCUT2D eigenvalue weighted by Crippen LogP contribution is -2.58. The number of hydrazine groups is 1. The van der Waals surface area contributed by atoms with Crippen LogP contribution in [0.3, 0.4) is 0 Å². The minimum atomic E-state index is -0.680. The van der Waals surface area contributed by atoms with Crippen LogP contribution in [0.1, 0.15) is 70.6 Å². The molecule has 3 aliphatic heterocycles. The van der Waals surface area contributed by atoms with Crippen LogP contribution >= 0.6 is 0 Å². The summed E-state index contributed by atoms with van der Waals surface area (Å²) >= 11 is 0. The van der Waals surface area contributed by atoms with Gasteiger partial charge >= 0.3 is 5.97 Å². The van der Waals surface area contributed by atoms with Crippen LogP contribution in [0.5, 0.6) is 0 Å². The number of esters is 1. The summed E-state index contributed by atoms with van der Waals surface area (Å²) in [5.41, 5.74) is 11.8. The number of benzene rings is 3. The van der Waals surface area contributed by atoms with E-state index in [4.69, 9.17) is 9.47 Å². The van der Waals surface area contributed by atoms with Crippen LogP contribution in [0.15, 0.2) is 79.4 Å². The molecule has 3 aromatic carbocycles. The van der Waals surface area contributed by atoms with Crippen molar-refractivity contribution >= 4 is 34.6 Å². The number of carbonyl (C=O) groups is 4. The Hall–Kier alpha value is -5.30. The number of rotatable bonds is 13. The fourth-order valence-electron chi connectivity index (χ4n) is 10.4. The van der Waals surface area contributed by atoms with E-state index in [-0.39, 0.29) is 48.7 Å². The molecule has 1 aromatic heterocycles. The summed E-state index contributed by atoms with van der Waals surface area (Å²) < 4.78 is 14.1. The van der Waals surface area contributed by atoms with E-state index in [1.54, 1.807) is 12.1 Å². The van der Waals surface area contributed by atoms with Gasteiger partial charge in [-0.3, -0.25) is 29.1 Å². The quantitative estimate of drug-likeness (QED) is 0.108. The minimum absolute atomic E-state index is 0.000865. The molecule has 2 N–H and O–H groups in total. The van der Waals surface area contributed by atoms with E-state index < -0.39 is 23.4 Å². The van der Waals surface area contributed by atoms with Gasteiger partial charge in [0.25, 0.3) is 0 Å². The number of amides is 3. The van der Waals surface area contributed by atoms with Crippen LogP contribution in [0.2, 0.25) is 0 Å². The number of hydrogen-bond acceptors (Lipinski definition) is 8. The molecule has 0 aliphatic carbocycles. The maximum Gasteiger partial charge on any atom is 0.324 e. The van der Waals surface area contributed by atoms with E-state index in [0.717, 1.165) is 47.0 Å².